The van der Waals surface area contributed by atoms with Gasteiger partial charge in [-0.2, -0.15) is 9.78 Å². The van der Waals surface area contributed by atoms with Gasteiger partial charge >= 0.3 is 0 Å². The zero-order chi connectivity index (χ0) is 19.2. The quantitative estimate of drug-likeness (QED) is 0.494. The molecule has 1 aliphatic rings. The van der Waals surface area contributed by atoms with Gasteiger partial charge in [0.1, 0.15) is 10.5 Å². The van der Waals surface area contributed by atoms with Crippen LogP contribution >= 0.6 is 22.1 Å². The molecule has 3 heterocycles. The zero-order valence-electron chi connectivity index (χ0n) is 14.2. The number of rotatable bonds is 3. The Bertz CT molecular complexity index is 1160. The van der Waals surface area contributed by atoms with Crippen LogP contribution in [0.4, 0.5) is 5.69 Å². The van der Waals surface area contributed by atoms with Crippen LogP contribution in [-0.4, -0.2) is 30.9 Å². The van der Waals surface area contributed by atoms with Crippen molar-refractivity contribution in [3.63, 3.8) is 0 Å². The molecule has 0 unspecified atom stereocenters. The normalized spacial score (nSPS) is 16.8. The molecule has 0 atom stereocenters. The Labute approximate surface area is 159 Å². The predicted molar refractivity (Wildman–Crippen MR) is 110 cm³/mol. The summed E-state index contributed by atoms with van der Waals surface area (Å²) >= 11 is 1.25. The molecule has 0 amide bonds. The van der Waals surface area contributed by atoms with Crippen molar-refractivity contribution >= 4 is 50.1 Å². The van der Waals surface area contributed by atoms with Crippen LogP contribution in [0.3, 0.4) is 0 Å². The second-order valence-electron chi connectivity index (χ2n) is 5.76. The summed E-state index contributed by atoms with van der Waals surface area (Å²) < 4.78 is 26.4. The lowest BCUT2D eigenvalue weighted by atomic mass is 10.2. The first-order chi connectivity index (χ1) is 12.9. The van der Waals surface area contributed by atoms with E-state index in [1.807, 2.05) is 6.92 Å². The summed E-state index contributed by atoms with van der Waals surface area (Å²) in [5, 5.41) is 19.5. The monoisotopic (exact) mass is 404 g/mol. The van der Waals surface area contributed by atoms with Crippen LogP contribution in [0.15, 0.2) is 54.9 Å². The fourth-order valence-electron chi connectivity index (χ4n) is 2.81. The van der Waals surface area contributed by atoms with E-state index >= 15 is 0 Å². The number of nitrogens with one attached hydrogen (secondary N) is 1. The molecule has 140 valence electrons. The van der Waals surface area contributed by atoms with Crippen molar-refractivity contribution in [2.24, 2.45) is 9.50 Å². The van der Waals surface area contributed by atoms with Gasteiger partial charge in [-0.25, -0.2) is 0 Å². The zero-order valence-corrected chi connectivity index (χ0v) is 15.8. The highest BCUT2D eigenvalue weighted by Crippen LogP contribution is 2.55. The van der Waals surface area contributed by atoms with E-state index in [1.165, 1.54) is 16.0 Å². The van der Waals surface area contributed by atoms with E-state index in [1.54, 1.807) is 41.9 Å². The predicted octanol–water partition coefficient (Wildman–Crippen LogP) is 3.91. The highest BCUT2D eigenvalue weighted by atomic mass is 32.3. The van der Waals surface area contributed by atoms with Gasteiger partial charge in [0.15, 0.2) is 11.6 Å². The smallest absolute Gasteiger partial charge is 0.286 e. The van der Waals surface area contributed by atoms with Crippen molar-refractivity contribution < 1.29 is 14.2 Å². The third-order valence-corrected chi connectivity index (χ3v) is 6.29. The van der Waals surface area contributed by atoms with Gasteiger partial charge in [-0.1, -0.05) is 29.8 Å². The molecule has 1 aliphatic heterocycles. The highest BCUT2D eigenvalue weighted by Gasteiger charge is 2.30. The summed E-state index contributed by atoms with van der Waals surface area (Å²) in [5.74, 6) is -0.374. The third kappa shape index (κ3) is 2.82. The molecule has 0 saturated carbocycles. The minimum Gasteiger partial charge on any atom is -0.505 e. The Kier molecular flexibility index (Phi) is 4.27. The lowest BCUT2D eigenvalue weighted by Crippen LogP contribution is -2.30. The summed E-state index contributed by atoms with van der Waals surface area (Å²) in [6.45, 7) is 1.89. The number of benzene rings is 1. The van der Waals surface area contributed by atoms with Crippen LogP contribution in [0.25, 0.3) is 10.2 Å². The van der Waals surface area contributed by atoms with Gasteiger partial charge in [0.2, 0.25) is 0 Å². The van der Waals surface area contributed by atoms with Gasteiger partial charge < -0.3 is 10.4 Å². The number of para-hydroxylation sites is 1. The average molecular weight is 404 g/mol. The molecule has 4 N–H and O–H groups in total. The second-order valence-corrected chi connectivity index (χ2v) is 8.34. The SMILES string of the molecule is CCC=Nn1c(=O)c(C2=NS(O)(O)c3ccccc3N2)c(O)c2sccc21. The Morgan fingerprint density at radius 3 is 2.89 bits per heavy atom. The summed E-state index contributed by atoms with van der Waals surface area (Å²) in [7, 11) is -3.51. The number of amidine groups is 1. The number of thiophene rings is 1. The molecule has 0 bridgehead atoms. The fourth-order valence-corrected chi connectivity index (χ4v) is 4.80. The first-order valence-corrected chi connectivity index (χ1v) is 10.4. The topological polar surface area (TPSA) is 119 Å². The maximum atomic E-state index is 13.0. The Balaban J connectivity index is 1.99. The van der Waals surface area contributed by atoms with Crippen molar-refractivity contribution in [3.8, 4) is 5.75 Å². The van der Waals surface area contributed by atoms with Crippen LogP contribution in [0.2, 0.25) is 0 Å². The molecule has 3 aromatic rings. The molecule has 4 rings (SSSR count). The highest BCUT2D eigenvalue weighted by molar-refractivity contribution is 8.23. The van der Waals surface area contributed by atoms with E-state index in [2.05, 4.69) is 14.8 Å². The Hall–Kier alpha value is -2.66. The van der Waals surface area contributed by atoms with E-state index in [4.69, 9.17) is 0 Å². The number of nitrogens with zero attached hydrogens (tertiary/aromatic N) is 3. The summed E-state index contributed by atoms with van der Waals surface area (Å²) in [4.78, 5) is 13.3. The van der Waals surface area contributed by atoms with Gasteiger partial charge in [-0.15, -0.1) is 15.7 Å². The van der Waals surface area contributed by atoms with Crippen LogP contribution in [0.5, 0.6) is 5.75 Å². The number of anilines is 1. The number of fused-ring (bicyclic) bond motifs is 2. The van der Waals surface area contributed by atoms with Crippen molar-refractivity contribution in [1.82, 2.24) is 4.68 Å². The minimum absolute atomic E-state index is 0.105. The summed E-state index contributed by atoms with van der Waals surface area (Å²) in [6.07, 6.45) is 2.21. The van der Waals surface area contributed by atoms with Gasteiger partial charge in [0, 0.05) is 6.21 Å². The molecule has 2 aromatic heterocycles. The molecule has 8 nitrogen and oxygen atoms in total. The lowest BCUT2D eigenvalue weighted by Gasteiger charge is -2.34. The minimum atomic E-state index is -3.51. The van der Waals surface area contributed by atoms with Crippen molar-refractivity contribution in [3.05, 3.63) is 51.6 Å². The molecular formula is C17H16N4O4S2. The first-order valence-electron chi connectivity index (χ1n) is 8.06. The number of hydrogen-bond acceptors (Lipinski definition) is 8. The van der Waals surface area contributed by atoms with E-state index in [-0.39, 0.29) is 22.0 Å². The number of aromatic nitrogens is 1. The van der Waals surface area contributed by atoms with Crippen molar-refractivity contribution in [2.75, 3.05) is 5.32 Å². The van der Waals surface area contributed by atoms with Gasteiger partial charge in [-0.05, 0) is 30.0 Å². The van der Waals surface area contributed by atoms with Crippen LogP contribution in [0.1, 0.15) is 18.9 Å². The summed E-state index contributed by atoms with van der Waals surface area (Å²) in [5.41, 5.74) is 0.118. The van der Waals surface area contributed by atoms with Gasteiger partial charge in [0.25, 0.3) is 5.56 Å². The molecule has 0 radical (unpaired) electrons. The fraction of sp³-hybridized carbons (Fsp3) is 0.118. The van der Waals surface area contributed by atoms with E-state index in [9.17, 15) is 19.0 Å². The van der Waals surface area contributed by atoms with E-state index in [0.717, 1.165) is 0 Å². The van der Waals surface area contributed by atoms with Gasteiger partial charge in [-0.3, -0.25) is 13.9 Å². The van der Waals surface area contributed by atoms with Crippen molar-refractivity contribution in [1.29, 1.82) is 0 Å². The van der Waals surface area contributed by atoms with E-state index in [0.29, 0.717) is 22.3 Å². The second kappa shape index (κ2) is 6.50. The number of pyridine rings is 1. The molecule has 27 heavy (non-hydrogen) atoms. The van der Waals surface area contributed by atoms with E-state index < -0.39 is 16.3 Å². The molecular weight excluding hydrogens is 388 g/mol. The maximum absolute atomic E-state index is 13.0. The number of aromatic hydroxyl groups is 1. The van der Waals surface area contributed by atoms with Gasteiger partial charge in [0.05, 0.1) is 15.9 Å². The molecule has 10 heteroatoms. The largest absolute Gasteiger partial charge is 0.505 e. The van der Waals surface area contributed by atoms with Crippen LogP contribution in [-0.2, 0) is 0 Å². The van der Waals surface area contributed by atoms with Crippen LogP contribution in [0, 0.1) is 0 Å². The molecule has 0 spiro atoms. The number of hydrogen-bond donors (Lipinski definition) is 4. The third-order valence-electron chi connectivity index (χ3n) is 4.00. The average Bonchev–Trinajstić information content (AvgIpc) is 3.11. The summed E-state index contributed by atoms with van der Waals surface area (Å²) in [6, 6.07) is 8.26. The standard InChI is InChI=1S/C17H16N4O4S2/c1-2-8-18-21-11-7-9-26-15(11)14(22)13(17(21)23)16-19-10-5-3-4-6-12(10)27(24,25)20-16/h3-9,22,24-25H,2H2,1H3,(H,19,20). The molecule has 1 aromatic carbocycles. The van der Waals surface area contributed by atoms with Crippen molar-refractivity contribution in [2.45, 2.75) is 18.2 Å². The Morgan fingerprint density at radius 1 is 1.33 bits per heavy atom. The molecule has 0 saturated heterocycles. The molecule has 0 aliphatic carbocycles. The maximum Gasteiger partial charge on any atom is 0.286 e. The molecule has 0 fully saturated rings. The Morgan fingerprint density at radius 2 is 2.11 bits per heavy atom. The lowest BCUT2D eigenvalue weighted by molar-refractivity contribution is 0.479. The van der Waals surface area contributed by atoms with Crippen LogP contribution < -0.4 is 10.9 Å². The first kappa shape index (κ1) is 17.7.